The van der Waals surface area contributed by atoms with Crippen molar-refractivity contribution in [3.8, 4) is 66.8 Å². The molecule has 0 saturated carbocycles. The fraction of sp³-hybridized carbons (Fsp3) is 0.0286. The summed E-state index contributed by atoms with van der Waals surface area (Å²) in [6.45, 7) is 4.24. The smallest absolute Gasteiger partial charge is 0.00259 e. The van der Waals surface area contributed by atoms with E-state index in [0.29, 0.717) is 0 Å². The highest BCUT2D eigenvalue weighted by molar-refractivity contribution is 6.23. The number of rotatable bonds is 6. The molecule has 0 unspecified atom stereocenters. The third-order valence-corrected chi connectivity index (χ3v) is 14.8. The summed E-state index contributed by atoms with van der Waals surface area (Å²) in [6.07, 6.45) is 4.40. The van der Waals surface area contributed by atoms with E-state index in [-0.39, 0.29) is 0 Å². The molecule has 328 valence electrons. The highest BCUT2D eigenvalue weighted by atomic mass is 14.2. The molecule has 0 aliphatic heterocycles. The minimum Gasteiger partial charge on any atom is -0.0798 e. The summed E-state index contributed by atoms with van der Waals surface area (Å²) in [5.41, 5.74) is 14.8. The normalized spacial score (nSPS) is 12.3. The molecule has 0 N–H and O–H groups in total. The largest absolute Gasteiger partial charge is 0.0798 e. The zero-order valence-electron chi connectivity index (χ0n) is 39.2. The van der Waals surface area contributed by atoms with Crippen LogP contribution in [0, 0.1) is 0 Å². The Balaban J connectivity index is 0.911. The van der Waals surface area contributed by atoms with E-state index in [1.807, 2.05) is 0 Å². The number of hydrogen-bond donors (Lipinski definition) is 0. The van der Waals surface area contributed by atoms with Crippen molar-refractivity contribution in [2.45, 2.75) is 13.8 Å². The molecule has 0 heteroatoms. The maximum absolute atomic E-state index is 2.43. The number of fused-ring (bicyclic) bond motifs is 6. The lowest BCUT2D eigenvalue weighted by Crippen LogP contribution is -2.23. The standard InChI is InChI=1S/C70H48/c1-3-45-25-36-56(41-46(45)4-2)68-61-21-11-9-19-59(61)67(60-20-10-12-22-62(60)68)52-34-30-50(31-35-52)49-26-28-51(29-27-49)55-39-40-65-66(44-55)70(58-38-33-48-16-6-8-18-54(48)43-58)64-24-14-13-23-63(64)69(65)57-37-32-47-15-5-7-17-53(47)42-57/h3-44H,1-2H3/b45-3-,46-4-. The molecular formula is C70H48. The number of hydrogen-bond acceptors (Lipinski definition) is 0. The van der Waals surface area contributed by atoms with Gasteiger partial charge in [0.25, 0.3) is 0 Å². The quantitative estimate of drug-likeness (QED) is 0.146. The van der Waals surface area contributed by atoms with E-state index in [1.165, 1.54) is 142 Å². The van der Waals surface area contributed by atoms with Gasteiger partial charge < -0.3 is 0 Å². The van der Waals surface area contributed by atoms with Crippen LogP contribution < -0.4 is 10.4 Å². The van der Waals surface area contributed by atoms with Crippen LogP contribution in [0.4, 0.5) is 0 Å². The molecular weight excluding hydrogens is 841 g/mol. The molecule has 70 heavy (non-hydrogen) atoms. The number of benzene rings is 13. The second-order valence-corrected chi connectivity index (χ2v) is 18.6. The van der Waals surface area contributed by atoms with Crippen molar-refractivity contribution in [2.75, 3.05) is 0 Å². The molecule has 0 radical (unpaired) electrons. The highest BCUT2D eigenvalue weighted by Gasteiger charge is 2.20. The van der Waals surface area contributed by atoms with Gasteiger partial charge in [-0.2, -0.15) is 0 Å². The third-order valence-electron chi connectivity index (χ3n) is 14.8. The molecule has 13 aromatic carbocycles. The summed E-state index contributed by atoms with van der Waals surface area (Å²) in [5, 5.41) is 17.6. The van der Waals surface area contributed by atoms with Gasteiger partial charge in [-0.3, -0.25) is 0 Å². The summed E-state index contributed by atoms with van der Waals surface area (Å²) in [5.74, 6) is 0. The molecule has 0 aliphatic rings. The zero-order valence-corrected chi connectivity index (χ0v) is 39.2. The maximum Gasteiger partial charge on any atom is -0.00259 e. The van der Waals surface area contributed by atoms with E-state index in [9.17, 15) is 0 Å². The first kappa shape index (κ1) is 41.4. The van der Waals surface area contributed by atoms with Gasteiger partial charge >= 0.3 is 0 Å². The highest BCUT2D eigenvalue weighted by Crippen LogP contribution is 2.47. The van der Waals surface area contributed by atoms with Crippen LogP contribution in [-0.4, -0.2) is 0 Å². The third kappa shape index (κ3) is 6.91. The van der Waals surface area contributed by atoms with Crippen LogP contribution in [0.15, 0.2) is 243 Å². The predicted molar refractivity (Wildman–Crippen MR) is 304 cm³/mol. The van der Waals surface area contributed by atoms with Crippen LogP contribution >= 0.6 is 0 Å². The van der Waals surface area contributed by atoms with Crippen LogP contribution in [0.2, 0.25) is 0 Å². The molecule has 0 aliphatic carbocycles. The maximum atomic E-state index is 2.43. The summed E-state index contributed by atoms with van der Waals surface area (Å²) in [4.78, 5) is 0. The van der Waals surface area contributed by atoms with Crippen LogP contribution in [0.1, 0.15) is 13.8 Å². The zero-order chi connectivity index (χ0) is 46.7. The van der Waals surface area contributed by atoms with Crippen molar-refractivity contribution in [3.63, 3.8) is 0 Å². The first-order valence-electron chi connectivity index (χ1n) is 24.5. The Morgan fingerprint density at radius 1 is 0.200 bits per heavy atom. The summed E-state index contributed by atoms with van der Waals surface area (Å²) >= 11 is 0. The van der Waals surface area contributed by atoms with Crippen molar-refractivity contribution in [1.29, 1.82) is 0 Å². The van der Waals surface area contributed by atoms with Gasteiger partial charge in [0.1, 0.15) is 0 Å². The molecule has 0 heterocycles. The molecule has 0 atom stereocenters. The minimum absolute atomic E-state index is 1.19. The second kappa shape index (κ2) is 17.0. The molecule has 13 aromatic rings. The Hall–Kier alpha value is -8.84. The first-order chi connectivity index (χ1) is 34.6. The lowest BCUT2D eigenvalue weighted by atomic mass is 9.84. The summed E-state index contributed by atoms with van der Waals surface area (Å²) in [6, 6.07) is 90.3. The Bertz CT molecular complexity index is 4290. The van der Waals surface area contributed by atoms with Gasteiger partial charge in [0.05, 0.1) is 0 Å². The Kier molecular flexibility index (Phi) is 10.1. The van der Waals surface area contributed by atoms with Crippen molar-refractivity contribution < 1.29 is 0 Å². The van der Waals surface area contributed by atoms with E-state index in [1.54, 1.807) is 0 Å². The van der Waals surface area contributed by atoms with E-state index in [0.717, 1.165) is 0 Å². The van der Waals surface area contributed by atoms with Gasteiger partial charge in [-0.05, 0) is 180 Å². The monoisotopic (exact) mass is 888 g/mol. The van der Waals surface area contributed by atoms with Crippen LogP contribution in [0.25, 0.3) is 144 Å². The van der Waals surface area contributed by atoms with Gasteiger partial charge in [-0.15, -0.1) is 0 Å². The topological polar surface area (TPSA) is 0 Å². The average Bonchev–Trinajstić information content (AvgIpc) is 3.43. The van der Waals surface area contributed by atoms with Gasteiger partial charge in [-0.1, -0.05) is 231 Å². The van der Waals surface area contributed by atoms with Crippen molar-refractivity contribution in [2.24, 2.45) is 0 Å². The van der Waals surface area contributed by atoms with E-state index in [2.05, 4.69) is 269 Å². The lowest BCUT2D eigenvalue weighted by Gasteiger charge is -2.19. The summed E-state index contributed by atoms with van der Waals surface area (Å²) in [7, 11) is 0. The second-order valence-electron chi connectivity index (χ2n) is 18.6. The first-order valence-corrected chi connectivity index (χ1v) is 24.5. The SMILES string of the molecule is C/C=c1/ccc(-c2c3ccccc3c(-c3ccc(-c4ccc(-c5ccc6c(-c7ccc8ccccc8c7)c7ccccc7c(-c7ccc8ccccc8c7)c6c5)cc4)cc3)c3ccccc23)c/c1=C/C. The molecule has 0 aromatic heterocycles. The Morgan fingerprint density at radius 2 is 0.514 bits per heavy atom. The van der Waals surface area contributed by atoms with Crippen molar-refractivity contribution in [1.82, 2.24) is 0 Å². The molecule has 0 amide bonds. The molecule has 13 rings (SSSR count). The Morgan fingerprint density at radius 3 is 0.971 bits per heavy atom. The van der Waals surface area contributed by atoms with E-state index in [4.69, 9.17) is 0 Å². The van der Waals surface area contributed by atoms with E-state index >= 15 is 0 Å². The molecule has 0 saturated heterocycles. The molecule has 0 spiro atoms. The van der Waals surface area contributed by atoms with Gasteiger partial charge in [0, 0.05) is 0 Å². The van der Waals surface area contributed by atoms with Gasteiger partial charge in [-0.25, -0.2) is 0 Å². The van der Waals surface area contributed by atoms with Crippen LogP contribution in [0.3, 0.4) is 0 Å². The fourth-order valence-electron chi connectivity index (χ4n) is 11.3. The van der Waals surface area contributed by atoms with E-state index < -0.39 is 0 Å². The van der Waals surface area contributed by atoms with Crippen molar-refractivity contribution in [3.05, 3.63) is 253 Å². The average molecular weight is 889 g/mol. The lowest BCUT2D eigenvalue weighted by molar-refractivity contribution is 1.49. The van der Waals surface area contributed by atoms with Gasteiger partial charge in [0.2, 0.25) is 0 Å². The molecule has 0 fully saturated rings. The summed E-state index contributed by atoms with van der Waals surface area (Å²) < 4.78 is 0. The van der Waals surface area contributed by atoms with Crippen LogP contribution in [0.5, 0.6) is 0 Å². The molecule has 0 bridgehead atoms. The predicted octanol–water partition coefficient (Wildman–Crippen LogP) is 18.2. The Labute approximate surface area is 408 Å². The minimum atomic E-state index is 1.19. The van der Waals surface area contributed by atoms with Crippen LogP contribution in [-0.2, 0) is 0 Å². The van der Waals surface area contributed by atoms with Gasteiger partial charge in [0.15, 0.2) is 0 Å². The van der Waals surface area contributed by atoms with Crippen molar-refractivity contribution >= 4 is 76.8 Å². The molecule has 0 nitrogen and oxygen atoms in total. The fourth-order valence-corrected chi connectivity index (χ4v) is 11.3.